The Morgan fingerprint density at radius 2 is 1.92 bits per heavy atom. The Hall–Kier alpha value is 0.110. The molecule has 3 heteroatoms. The Morgan fingerprint density at radius 3 is 2.46 bits per heavy atom. The monoisotopic (exact) mass is 259 g/mol. The molecule has 13 heavy (non-hydrogen) atoms. The summed E-state index contributed by atoms with van der Waals surface area (Å²) < 4.78 is 1.03. The maximum Gasteiger partial charge on any atom is 0.159 e. The van der Waals surface area contributed by atoms with Gasteiger partial charge < -0.3 is 0 Å². The zero-order valence-corrected chi connectivity index (χ0v) is 10.0. The fourth-order valence-electron chi connectivity index (χ4n) is 2.03. The van der Waals surface area contributed by atoms with Crippen molar-refractivity contribution in [2.45, 2.75) is 44.4 Å². The van der Waals surface area contributed by atoms with Gasteiger partial charge in [0.2, 0.25) is 0 Å². The highest BCUT2D eigenvalue weighted by molar-refractivity contribution is 9.11. The Balaban J connectivity index is 2.06. The third-order valence-corrected chi connectivity index (χ3v) is 4.15. The van der Waals surface area contributed by atoms with Gasteiger partial charge in [-0.2, -0.15) is 0 Å². The topological polar surface area (TPSA) is 12.9 Å². The molecule has 1 saturated carbocycles. The first-order valence-corrected chi connectivity index (χ1v) is 6.64. The molecule has 0 atom stereocenters. The van der Waals surface area contributed by atoms with Crippen LogP contribution in [0.1, 0.15) is 50.1 Å². The Morgan fingerprint density at radius 1 is 1.23 bits per heavy atom. The summed E-state index contributed by atoms with van der Waals surface area (Å²) in [7, 11) is 0. The van der Waals surface area contributed by atoms with E-state index >= 15 is 0 Å². The van der Waals surface area contributed by atoms with Gasteiger partial charge in [0.05, 0.1) is 5.69 Å². The fourth-order valence-corrected chi connectivity index (χ4v) is 3.13. The van der Waals surface area contributed by atoms with Crippen LogP contribution in [0.15, 0.2) is 9.30 Å². The van der Waals surface area contributed by atoms with Gasteiger partial charge in [-0.3, -0.25) is 0 Å². The van der Waals surface area contributed by atoms with Crippen molar-refractivity contribution < 1.29 is 0 Å². The second-order valence-electron chi connectivity index (χ2n) is 3.71. The molecule has 1 fully saturated rings. The molecule has 1 aromatic rings. The SMILES string of the molecule is Brc1nc(C2CCCCCC2)cs1. The van der Waals surface area contributed by atoms with E-state index in [4.69, 9.17) is 0 Å². The van der Waals surface area contributed by atoms with Crippen LogP contribution in [0, 0.1) is 0 Å². The van der Waals surface area contributed by atoms with Crippen LogP contribution in [-0.4, -0.2) is 4.98 Å². The van der Waals surface area contributed by atoms with Crippen molar-refractivity contribution in [2.24, 2.45) is 0 Å². The molecule has 0 spiro atoms. The van der Waals surface area contributed by atoms with E-state index in [-0.39, 0.29) is 0 Å². The molecule has 1 aliphatic carbocycles. The van der Waals surface area contributed by atoms with Crippen molar-refractivity contribution in [3.63, 3.8) is 0 Å². The Kier molecular flexibility index (Phi) is 3.39. The van der Waals surface area contributed by atoms with Crippen molar-refractivity contribution in [3.8, 4) is 0 Å². The summed E-state index contributed by atoms with van der Waals surface area (Å²) in [4.78, 5) is 4.51. The zero-order valence-electron chi connectivity index (χ0n) is 7.63. The Bertz CT molecular complexity index is 264. The predicted octanol–water partition coefficient (Wildman–Crippen LogP) is 4.34. The van der Waals surface area contributed by atoms with Gasteiger partial charge in [0.1, 0.15) is 0 Å². The lowest BCUT2D eigenvalue weighted by Crippen LogP contribution is -1.96. The molecule has 0 bridgehead atoms. The molecule has 1 nitrogen and oxygen atoms in total. The molecule has 0 saturated heterocycles. The number of rotatable bonds is 1. The number of halogens is 1. The van der Waals surface area contributed by atoms with Crippen molar-refractivity contribution >= 4 is 27.3 Å². The van der Waals surface area contributed by atoms with Crippen molar-refractivity contribution in [1.29, 1.82) is 0 Å². The van der Waals surface area contributed by atoms with Gasteiger partial charge in [0.25, 0.3) is 0 Å². The minimum absolute atomic E-state index is 0.741. The summed E-state index contributed by atoms with van der Waals surface area (Å²) in [6, 6.07) is 0. The maximum absolute atomic E-state index is 4.51. The number of hydrogen-bond acceptors (Lipinski definition) is 2. The molecular weight excluding hydrogens is 246 g/mol. The summed E-state index contributed by atoms with van der Waals surface area (Å²) in [5, 5.41) is 2.21. The van der Waals surface area contributed by atoms with E-state index < -0.39 is 0 Å². The standard InChI is InChI=1S/C10H14BrNS/c11-10-12-9(7-13-10)8-5-3-1-2-4-6-8/h7-8H,1-6H2. The molecule has 1 aliphatic rings. The van der Waals surface area contributed by atoms with Crippen molar-refractivity contribution in [3.05, 3.63) is 15.0 Å². The highest BCUT2D eigenvalue weighted by Crippen LogP contribution is 2.32. The van der Waals surface area contributed by atoms with Gasteiger partial charge in [0.15, 0.2) is 3.92 Å². The number of aromatic nitrogens is 1. The summed E-state index contributed by atoms with van der Waals surface area (Å²) in [5.41, 5.74) is 1.32. The highest BCUT2D eigenvalue weighted by atomic mass is 79.9. The lowest BCUT2D eigenvalue weighted by Gasteiger charge is -2.09. The largest absolute Gasteiger partial charge is 0.234 e. The lowest BCUT2D eigenvalue weighted by atomic mass is 9.98. The van der Waals surface area contributed by atoms with E-state index in [0.717, 1.165) is 9.83 Å². The second-order valence-corrected chi connectivity index (χ2v) is 5.85. The van der Waals surface area contributed by atoms with E-state index in [1.54, 1.807) is 11.3 Å². The van der Waals surface area contributed by atoms with Crippen LogP contribution in [0.4, 0.5) is 0 Å². The van der Waals surface area contributed by atoms with Crippen molar-refractivity contribution in [1.82, 2.24) is 4.98 Å². The molecule has 0 aromatic carbocycles. The first-order valence-electron chi connectivity index (χ1n) is 4.97. The molecule has 72 valence electrons. The minimum atomic E-state index is 0.741. The molecule has 0 amide bonds. The van der Waals surface area contributed by atoms with E-state index in [0.29, 0.717) is 0 Å². The van der Waals surface area contributed by atoms with Crippen molar-refractivity contribution in [2.75, 3.05) is 0 Å². The molecule has 0 radical (unpaired) electrons. The van der Waals surface area contributed by atoms with Gasteiger partial charge >= 0.3 is 0 Å². The van der Waals surface area contributed by atoms with Gasteiger partial charge in [0, 0.05) is 11.3 Å². The minimum Gasteiger partial charge on any atom is -0.234 e. The van der Waals surface area contributed by atoms with Gasteiger partial charge in [-0.15, -0.1) is 11.3 Å². The van der Waals surface area contributed by atoms with Gasteiger partial charge in [-0.05, 0) is 28.8 Å². The number of hydrogen-bond donors (Lipinski definition) is 0. The smallest absolute Gasteiger partial charge is 0.159 e. The van der Waals surface area contributed by atoms with Crippen LogP contribution < -0.4 is 0 Å². The molecule has 1 heterocycles. The van der Waals surface area contributed by atoms with Crippen LogP contribution in [0.2, 0.25) is 0 Å². The predicted molar refractivity (Wildman–Crippen MR) is 60.3 cm³/mol. The average Bonchev–Trinajstić information content (AvgIpc) is 2.43. The van der Waals surface area contributed by atoms with Crippen LogP contribution in [0.25, 0.3) is 0 Å². The summed E-state index contributed by atoms with van der Waals surface area (Å²) in [6.07, 6.45) is 8.30. The van der Waals surface area contributed by atoms with Crippen LogP contribution in [0.3, 0.4) is 0 Å². The second kappa shape index (κ2) is 4.56. The first kappa shape index (κ1) is 9.66. The molecule has 0 N–H and O–H groups in total. The van der Waals surface area contributed by atoms with E-state index in [1.165, 1.54) is 44.2 Å². The van der Waals surface area contributed by atoms with E-state index in [9.17, 15) is 0 Å². The maximum atomic E-state index is 4.51. The summed E-state index contributed by atoms with van der Waals surface area (Å²) in [5.74, 6) is 0.741. The fraction of sp³-hybridized carbons (Fsp3) is 0.700. The molecule has 1 aromatic heterocycles. The normalized spacial score (nSPS) is 20.1. The van der Waals surface area contributed by atoms with Crippen LogP contribution in [-0.2, 0) is 0 Å². The quantitative estimate of drug-likeness (QED) is 0.684. The van der Waals surface area contributed by atoms with E-state index in [1.807, 2.05) is 0 Å². The molecule has 0 aliphatic heterocycles. The molecular formula is C10H14BrNS. The van der Waals surface area contributed by atoms with Crippen LogP contribution in [0.5, 0.6) is 0 Å². The highest BCUT2D eigenvalue weighted by Gasteiger charge is 2.16. The molecule has 2 rings (SSSR count). The lowest BCUT2D eigenvalue weighted by molar-refractivity contribution is 0.580. The Labute approximate surface area is 91.7 Å². The first-order chi connectivity index (χ1) is 6.36. The number of nitrogens with zero attached hydrogens (tertiary/aromatic N) is 1. The number of thiazole rings is 1. The third kappa shape index (κ3) is 2.53. The summed E-state index contributed by atoms with van der Waals surface area (Å²) in [6.45, 7) is 0. The average molecular weight is 260 g/mol. The third-order valence-electron chi connectivity index (χ3n) is 2.77. The molecule has 0 unspecified atom stereocenters. The zero-order chi connectivity index (χ0) is 9.10. The summed E-state index contributed by atoms with van der Waals surface area (Å²) >= 11 is 5.14. The van der Waals surface area contributed by atoms with Crippen LogP contribution >= 0.6 is 27.3 Å². The van der Waals surface area contributed by atoms with E-state index in [2.05, 4.69) is 26.3 Å². The van der Waals surface area contributed by atoms with Gasteiger partial charge in [-0.25, -0.2) is 4.98 Å². The van der Waals surface area contributed by atoms with Gasteiger partial charge in [-0.1, -0.05) is 25.7 Å².